The molecule has 1 atom stereocenters. The molecule has 0 aliphatic rings. The molecule has 0 spiro atoms. The molecular formula is C18H15F3N4O2. The van der Waals surface area contributed by atoms with Crippen LogP contribution in [0.15, 0.2) is 54.7 Å². The van der Waals surface area contributed by atoms with Crippen molar-refractivity contribution in [2.75, 3.05) is 6.54 Å². The third kappa shape index (κ3) is 4.50. The van der Waals surface area contributed by atoms with Crippen LogP contribution in [0.25, 0.3) is 11.4 Å². The van der Waals surface area contributed by atoms with E-state index < -0.39 is 23.8 Å². The summed E-state index contributed by atoms with van der Waals surface area (Å²) in [6.07, 6.45) is -3.98. The summed E-state index contributed by atoms with van der Waals surface area (Å²) in [6.45, 7) is -0.165. The predicted molar refractivity (Wildman–Crippen MR) is 90.6 cm³/mol. The lowest BCUT2D eigenvalue weighted by atomic mass is 10.1. The standard InChI is InChI=1S/C18H15F3N4O2/c19-18(20,21)12-6-4-11(5-7-12)16(26)10-23-17(27)15-9-14(24-25-15)13-3-1-2-8-22-13/h1-9,16,26H,10H2,(H,23,27)(H,24,25)/t16-/m0/s1. The van der Waals surface area contributed by atoms with E-state index >= 15 is 0 Å². The van der Waals surface area contributed by atoms with Gasteiger partial charge in [0, 0.05) is 12.7 Å². The molecule has 3 aromatic rings. The van der Waals surface area contributed by atoms with Crippen molar-refractivity contribution in [1.82, 2.24) is 20.5 Å². The monoisotopic (exact) mass is 376 g/mol. The minimum absolute atomic E-state index is 0.165. The average Bonchev–Trinajstić information content (AvgIpc) is 3.16. The van der Waals surface area contributed by atoms with Crippen LogP contribution in [0.2, 0.25) is 0 Å². The smallest absolute Gasteiger partial charge is 0.387 e. The molecule has 9 heteroatoms. The Hall–Kier alpha value is -3.20. The molecule has 0 aliphatic heterocycles. The maximum absolute atomic E-state index is 12.6. The van der Waals surface area contributed by atoms with Crippen molar-refractivity contribution in [3.8, 4) is 11.4 Å². The first kappa shape index (κ1) is 18.6. The van der Waals surface area contributed by atoms with Crippen molar-refractivity contribution < 1.29 is 23.1 Å². The van der Waals surface area contributed by atoms with Crippen molar-refractivity contribution >= 4 is 5.91 Å². The zero-order chi connectivity index (χ0) is 19.4. The molecular weight excluding hydrogens is 361 g/mol. The maximum Gasteiger partial charge on any atom is 0.416 e. The first-order valence-electron chi connectivity index (χ1n) is 7.95. The molecule has 6 nitrogen and oxygen atoms in total. The molecule has 0 unspecified atom stereocenters. The molecule has 0 fully saturated rings. The fourth-order valence-corrected chi connectivity index (χ4v) is 2.38. The number of alkyl halides is 3. The van der Waals surface area contributed by atoms with Gasteiger partial charge in [-0.1, -0.05) is 18.2 Å². The third-order valence-corrected chi connectivity index (χ3v) is 3.83. The number of aromatic amines is 1. The Labute approximate surface area is 152 Å². The maximum atomic E-state index is 12.6. The largest absolute Gasteiger partial charge is 0.416 e. The molecule has 27 heavy (non-hydrogen) atoms. The number of hydrogen-bond acceptors (Lipinski definition) is 4. The SMILES string of the molecule is O=C(NC[C@H](O)c1ccc(C(F)(F)F)cc1)c1cc(-c2ccccn2)n[nH]1. The molecule has 0 aliphatic carbocycles. The molecule has 2 aromatic heterocycles. The van der Waals surface area contributed by atoms with Gasteiger partial charge in [-0.3, -0.25) is 14.9 Å². The topological polar surface area (TPSA) is 90.9 Å². The zero-order valence-electron chi connectivity index (χ0n) is 13.9. The second kappa shape index (κ2) is 7.58. The van der Waals surface area contributed by atoms with E-state index in [0.717, 1.165) is 12.1 Å². The van der Waals surface area contributed by atoms with E-state index in [9.17, 15) is 23.1 Å². The minimum atomic E-state index is -4.44. The van der Waals surface area contributed by atoms with E-state index in [2.05, 4.69) is 20.5 Å². The summed E-state index contributed by atoms with van der Waals surface area (Å²) in [6, 6.07) is 10.9. The number of nitrogens with one attached hydrogen (secondary N) is 2. The van der Waals surface area contributed by atoms with Gasteiger partial charge in [0.25, 0.3) is 5.91 Å². The number of pyridine rings is 1. The highest BCUT2D eigenvalue weighted by atomic mass is 19.4. The number of halogens is 3. The molecule has 2 heterocycles. The fraction of sp³-hybridized carbons (Fsp3) is 0.167. The number of rotatable bonds is 5. The number of aliphatic hydroxyl groups excluding tert-OH is 1. The summed E-state index contributed by atoms with van der Waals surface area (Å²) in [5.41, 5.74) is 0.723. The van der Waals surface area contributed by atoms with Gasteiger partial charge in [-0.2, -0.15) is 18.3 Å². The quantitative estimate of drug-likeness (QED) is 0.639. The molecule has 3 rings (SSSR count). The Morgan fingerprint density at radius 3 is 2.52 bits per heavy atom. The van der Waals surface area contributed by atoms with Crippen LogP contribution in [-0.2, 0) is 6.18 Å². The van der Waals surface area contributed by atoms with Crippen LogP contribution in [0.3, 0.4) is 0 Å². The van der Waals surface area contributed by atoms with Crippen molar-refractivity contribution in [3.05, 3.63) is 71.5 Å². The van der Waals surface area contributed by atoms with E-state index in [0.29, 0.717) is 11.4 Å². The Balaban J connectivity index is 1.60. The summed E-state index contributed by atoms with van der Waals surface area (Å²) < 4.78 is 37.7. The normalized spacial score (nSPS) is 12.6. The van der Waals surface area contributed by atoms with E-state index in [1.54, 1.807) is 24.4 Å². The predicted octanol–water partition coefficient (Wildman–Crippen LogP) is 2.95. The lowest BCUT2D eigenvalue weighted by Gasteiger charge is -2.13. The third-order valence-electron chi connectivity index (χ3n) is 3.83. The molecule has 1 amide bonds. The Morgan fingerprint density at radius 1 is 1.15 bits per heavy atom. The van der Waals surface area contributed by atoms with Crippen LogP contribution < -0.4 is 5.32 Å². The van der Waals surface area contributed by atoms with E-state index in [1.165, 1.54) is 18.2 Å². The van der Waals surface area contributed by atoms with Gasteiger partial charge in [0.15, 0.2) is 0 Å². The van der Waals surface area contributed by atoms with Crippen LogP contribution in [0.4, 0.5) is 13.2 Å². The molecule has 1 aromatic carbocycles. The molecule has 0 radical (unpaired) electrons. The molecule has 3 N–H and O–H groups in total. The van der Waals surface area contributed by atoms with Gasteiger partial charge < -0.3 is 10.4 Å². The van der Waals surface area contributed by atoms with E-state index in [1.807, 2.05) is 0 Å². The summed E-state index contributed by atoms with van der Waals surface area (Å²) >= 11 is 0. The summed E-state index contributed by atoms with van der Waals surface area (Å²) in [5, 5.41) is 19.2. The van der Waals surface area contributed by atoms with Crippen LogP contribution in [0.5, 0.6) is 0 Å². The average molecular weight is 376 g/mol. The molecule has 0 bridgehead atoms. The minimum Gasteiger partial charge on any atom is -0.387 e. The van der Waals surface area contributed by atoms with E-state index in [-0.39, 0.29) is 17.8 Å². The fourth-order valence-electron chi connectivity index (χ4n) is 2.38. The number of carbonyl (C=O) groups excluding carboxylic acids is 1. The van der Waals surface area contributed by atoms with Crippen LogP contribution in [-0.4, -0.2) is 32.7 Å². The van der Waals surface area contributed by atoms with Gasteiger partial charge in [-0.25, -0.2) is 0 Å². The van der Waals surface area contributed by atoms with Gasteiger partial charge in [0.1, 0.15) is 11.4 Å². The highest BCUT2D eigenvalue weighted by Crippen LogP contribution is 2.29. The Kier molecular flexibility index (Phi) is 5.22. The van der Waals surface area contributed by atoms with Crippen molar-refractivity contribution in [1.29, 1.82) is 0 Å². The van der Waals surface area contributed by atoms with E-state index in [4.69, 9.17) is 0 Å². The van der Waals surface area contributed by atoms with Crippen molar-refractivity contribution in [2.45, 2.75) is 12.3 Å². The van der Waals surface area contributed by atoms with Crippen LogP contribution in [0.1, 0.15) is 27.7 Å². The van der Waals surface area contributed by atoms with Crippen LogP contribution in [0, 0.1) is 0 Å². The molecule has 140 valence electrons. The Bertz CT molecular complexity index is 908. The Morgan fingerprint density at radius 2 is 1.89 bits per heavy atom. The van der Waals surface area contributed by atoms with Gasteiger partial charge >= 0.3 is 6.18 Å². The summed E-state index contributed by atoms with van der Waals surface area (Å²) in [7, 11) is 0. The lowest BCUT2D eigenvalue weighted by molar-refractivity contribution is -0.137. The lowest BCUT2D eigenvalue weighted by Crippen LogP contribution is -2.28. The van der Waals surface area contributed by atoms with Crippen molar-refractivity contribution in [3.63, 3.8) is 0 Å². The second-order valence-corrected chi connectivity index (χ2v) is 5.73. The zero-order valence-corrected chi connectivity index (χ0v) is 13.9. The number of H-pyrrole nitrogens is 1. The first-order valence-corrected chi connectivity index (χ1v) is 7.95. The highest BCUT2D eigenvalue weighted by molar-refractivity contribution is 5.93. The van der Waals surface area contributed by atoms with Gasteiger partial charge in [-0.05, 0) is 35.9 Å². The molecule has 0 saturated heterocycles. The number of amides is 1. The van der Waals surface area contributed by atoms with Gasteiger partial charge in [0.05, 0.1) is 17.4 Å². The van der Waals surface area contributed by atoms with Crippen LogP contribution >= 0.6 is 0 Å². The van der Waals surface area contributed by atoms with Gasteiger partial charge in [0.2, 0.25) is 0 Å². The number of hydrogen-bond donors (Lipinski definition) is 3. The number of benzene rings is 1. The highest BCUT2D eigenvalue weighted by Gasteiger charge is 2.30. The van der Waals surface area contributed by atoms with Gasteiger partial charge in [-0.15, -0.1) is 0 Å². The second-order valence-electron chi connectivity index (χ2n) is 5.73. The molecule has 0 saturated carbocycles. The summed E-state index contributed by atoms with van der Waals surface area (Å²) in [4.78, 5) is 16.3. The number of aliphatic hydroxyl groups is 1. The summed E-state index contributed by atoms with van der Waals surface area (Å²) in [5.74, 6) is -0.504. The van der Waals surface area contributed by atoms with Crippen molar-refractivity contribution in [2.24, 2.45) is 0 Å². The first-order chi connectivity index (χ1) is 12.8. The number of nitrogens with zero attached hydrogens (tertiary/aromatic N) is 2. The number of carbonyl (C=O) groups is 1. The number of aromatic nitrogens is 3.